The predicted octanol–water partition coefficient (Wildman–Crippen LogP) is 2.79. The first-order valence-corrected chi connectivity index (χ1v) is 6.48. The summed E-state index contributed by atoms with van der Waals surface area (Å²) in [6.45, 7) is 0. The number of nitro benzene ring substituents is 2. The van der Waals surface area contributed by atoms with Crippen molar-refractivity contribution in [3.05, 3.63) is 44.5 Å². The van der Waals surface area contributed by atoms with Gasteiger partial charge in [-0.25, -0.2) is 0 Å². The standard InChI is InChI=1S/C14H16N4O4/c1-15(2)11-8-7-10(17(19)20)9-5-6-12(18(21)22)14(13(9)11)16(3)4/h5-8H,1-4H3. The number of fused-ring (bicyclic) bond motifs is 1. The number of non-ortho nitro benzene ring substituents is 1. The quantitative estimate of drug-likeness (QED) is 0.637. The van der Waals surface area contributed by atoms with Crippen LogP contribution < -0.4 is 9.80 Å². The van der Waals surface area contributed by atoms with E-state index in [1.54, 1.807) is 44.1 Å². The van der Waals surface area contributed by atoms with Crippen LogP contribution in [0.1, 0.15) is 0 Å². The van der Waals surface area contributed by atoms with Crippen LogP contribution >= 0.6 is 0 Å². The van der Waals surface area contributed by atoms with Gasteiger partial charge in [0.05, 0.1) is 15.2 Å². The average molecular weight is 304 g/mol. The number of anilines is 2. The Morgan fingerprint density at radius 3 is 1.82 bits per heavy atom. The highest BCUT2D eigenvalue weighted by atomic mass is 16.6. The maximum absolute atomic E-state index is 11.3. The molecule has 22 heavy (non-hydrogen) atoms. The van der Waals surface area contributed by atoms with Gasteiger partial charge in [0, 0.05) is 51.4 Å². The second kappa shape index (κ2) is 5.47. The topological polar surface area (TPSA) is 92.8 Å². The molecule has 0 aliphatic heterocycles. The van der Waals surface area contributed by atoms with Gasteiger partial charge in [-0.1, -0.05) is 0 Å². The third-order valence-corrected chi connectivity index (χ3v) is 3.41. The average Bonchev–Trinajstić information content (AvgIpc) is 2.43. The van der Waals surface area contributed by atoms with Crippen LogP contribution in [0.4, 0.5) is 22.7 Å². The maximum atomic E-state index is 11.3. The van der Waals surface area contributed by atoms with Gasteiger partial charge in [-0.05, 0) is 12.1 Å². The molecule has 8 heteroatoms. The van der Waals surface area contributed by atoms with Crippen LogP contribution in [0.15, 0.2) is 24.3 Å². The monoisotopic (exact) mass is 304 g/mol. The van der Waals surface area contributed by atoms with Crippen LogP contribution in [0.3, 0.4) is 0 Å². The smallest absolute Gasteiger partial charge is 0.293 e. The minimum absolute atomic E-state index is 0.0707. The van der Waals surface area contributed by atoms with E-state index in [1.165, 1.54) is 18.2 Å². The van der Waals surface area contributed by atoms with Gasteiger partial charge in [0.2, 0.25) is 0 Å². The van der Waals surface area contributed by atoms with Crippen molar-refractivity contribution in [3.63, 3.8) is 0 Å². The summed E-state index contributed by atoms with van der Waals surface area (Å²) in [4.78, 5) is 25.0. The number of hydrogen-bond donors (Lipinski definition) is 0. The molecular weight excluding hydrogens is 288 g/mol. The first-order chi connectivity index (χ1) is 10.3. The van der Waals surface area contributed by atoms with Crippen LogP contribution in [-0.2, 0) is 0 Å². The highest BCUT2D eigenvalue weighted by Gasteiger charge is 2.25. The van der Waals surface area contributed by atoms with E-state index in [-0.39, 0.29) is 11.4 Å². The molecule has 2 aromatic carbocycles. The first-order valence-electron chi connectivity index (χ1n) is 6.48. The zero-order valence-corrected chi connectivity index (χ0v) is 12.7. The molecule has 116 valence electrons. The molecule has 0 saturated carbocycles. The van der Waals surface area contributed by atoms with Crippen molar-refractivity contribution in [3.8, 4) is 0 Å². The fourth-order valence-electron chi connectivity index (χ4n) is 2.52. The Kier molecular flexibility index (Phi) is 3.85. The molecule has 0 aliphatic carbocycles. The molecule has 0 amide bonds. The zero-order valence-electron chi connectivity index (χ0n) is 12.7. The van der Waals surface area contributed by atoms with Gasteiger partial charge in [-0.2, -0.15) is 0 Å². The summed E-state index contributed by atoms with van der Waals surface area (Å²) in [5.74, 6) is 0. The molecule has 0 aromatic heterocycles. The fourth-order valence-corrected chi connectivity index (χ4v) is 2.52. The van der Waals surface area contributed by atoms with Crippen LogP contribution in [0.2, 0.25) is 0 Å². The maximum Gasteiger partial charge on any atom is 0.293 e. The van der Waals surface area contributed by atoms with E-state index in [0.29, 0.717) is 22.1 Å². The van der Waals surface area contributed by atoms with Gasteiger partial charge in [0.1, 0.15) is 5.69 Å². The Labute approximate surface area is 126 Å². The van der Waals surface area contributed by atoms with Crippen LogP contribution in [0, 0.1) is 20.2 Å². The minimum atomic E-state index is -0.479. The van der Waals surface area contributed by atoms with Gasteiger partial charge in [-0.3, -0.25) is 20.2 Å². The van der Waals surface area contributed by atoms with Crippen molar-refractivity contribution in [1.82, 2.24) is 0 Å². The number of benzene rings is 2. The van der Waals surface area contributed by atoms with Crippen LogP contribution in [-0.4, -0.2) is 38.0 Å². The van der Waals surface area contributed by atoms with Crippen molar-refractivity contribution in [2.45, 2.75) is 0 Å². The molecule has 0 atom stereocenters. The van der Waals surface area contributed by atoms with Crippen molar-refractivity contribution in [1.29, 1.82) is 0 Å². The number of rotatable bonds is 4. The number of hydrogen-bond acceptors (Lipinski definition) is 6. The lowest BCUT2D eigenvalue weighted by atomic mass is 10.0. The molecule has 0 radical (unpaired) electrons. The van der Waals surface area contributed by atoms with E-state index >= 15 is 0 Å². The lowest BCUT2D eigenvalue weighted by molar-refractivity contribution is -0.384. The second-order valence-electron chi connectivity index (χ2n) is 5.26. The Morgan fingerprint density at radius 1 is 0.818 bits per heavy atom. The van der Waals surface area contributed by atoms with E-state index in [4.69, 9.17) is 0 Å². The van der Waals surface area contributed by atoms with Gasteiger partial charge in [0.15, 0.2) is 0 Å². The first kappa shape index (κ1) is 15.5. The molecule has 0 saturated heterocycles. The van der Waals surface area contributed by atoms with E-state index < -0.39 is 9.85 Å². The Morgan fingerprint density at radius 2 is 1.36 bits per heavy atom. The molecule has 2 aromatic rings. The Bertz CT molecular complexity index is 771. The molecule has 2 rings (SSSR count). The van der Waals surface area contributed by atoms with Crippen LogP contribution in [0.25, 0.3) is 10.8 Å². The minimum Gasteiger partial charge on any atom is -0.377 e. The third kappa shape index (κ3) is 2.39. The van der Waals surface area contributed by atoms with Crippen molar-refractivity contribution in [2.24, 2.45) is 0 Å². The number of nitrogens with zero attached hydrogens (tertiary/aromatic N) is 4. The summed E-state index contributed by atoms with van der Waals surface area (Å²) in [7, 11) is 6.94. The molecular formula is C14H16N4O4. The Balaban J connectivity index is 3.06. The highest BCUT2D eigenvalue weighted by Crippen LogP contribution is 2.43. The molecule has 0 N–H and O–H groups in total. The van der Waals surface area contributed by atoms with Crippen molar-refractivity contribution >= 4 is 33.5 Å². The van der Waals surface area contributed by atoms with Crippen molar-refractivity contribution < 1.29 is 9.85 Å². The summed E-state index contributed by atoms with van der Waals surface area (Å²) in [5, 5.41) is 23.4. The van der Waals surface area contributed by atoms with E-state index in [1.807, 2.05) is 0 Å². The summed E-state index contributed by atoms with van der Waals surface area (Å²) >= 11 is 0. The molecule has 8 nitrogen and oxygen atoms in total. The van der Waals surface area contributed by atoms with E-state index in [9.17, 15) is 20.2 Å². The number of nitro groups is 2. The summed E-state index contributed by atoms with van der Waals surface area (Å²) in [6.07, 6.45) is 0. The lowest BCUT2D eigenvalue weighted by Crippen LogP contribution is -2.15. The summed E-state index contributed by atoms with van der Waals surface area (Å²) in [6, 6.07) is 5.77. The highest BCUT2D eigenvalue weighted by molar-refractivity contribution is 6.10. The molecule has 0 heterocycles. The molecule has 0 fully saturated rings. The summed E-state index contributed by atoms with van der Waals surface area (Å²) in [5.41, 5.74) is 0.891. The molecule has 0 spiro atoms. The van der Waals surface area contributed by atoms with Gasteiger partial charge >= 0.3 is 0 Å². The molecule has 0 unspecified atom stereocenters. The van der Waals surface area contributed by atoms with Gasteiger partial charge in [-0.15, -0.1) is 0 Å². The zero-order chi connectivity index (χ0) is 16.6. The van der Waals surface area contributed by atoms with Gasteiger partial charge in [0.25, 0.3) is 11.4 Å². The largest absolute Gasteiger partial charge is 0.377 e. The summed E-state index contributed by atoms with van der Waals surface area (Å²) < 4.78 is 0. The SMILES string of the molecule is CN(C)c1ccc([N+](=O)[O-])c2ccc([N+](=O)[O-])c(N(C)C)c12. The second-order valence-corrected chi connectivity index (χ2v) is 5.26. The van der Waals surface area contributed by atoms with E-state index in [0.717, 1.165) is 0 Å². The van der Waals surface area contributed by atoms with E-state index in [2.05, 4.69) is 0 Å². The van der Waals surface area contributed by atoms with Gasteiger partial charge < -0.3 is 9.80 Å². The lowest BCUT2D eigenvalue weighted by Gasteiger charge is -2.21. The van der Waals surface area contributed by atoms with Crippen molar-refractivity contribution in [2.75, 3.05) is 38.0 Å². The molecule has 0 bridgehead atoms. The Hall–Kier alpha value is -2.90. The molecule has 0 aliphatic rings. The fraction of sp³-hybridized carbons (Fsp3) is 0.286. The third-order valence-electron chi connectivity index (χ3n) is 3.41. The normalized spacial score (nSPS) is 10.5. The van der Waals surface area contributed by atoms with Crippen LogP contribution in [0.5, 0.6) is 0 Å². The predicted molar refractivity (Wildman–Crippen MR) is 85.9 cm³/mol.